The van der Waals surface area contributed by atoms with Gasteiger partial charge in [-0.2, -0.15) is 0 Å². The highest BCUT2D eigenvalue weighted by Gasteiger charge is 2.25. The molecule has 0 aromatic rings. The minimum Gasteiger partial charge on any atom is -0.395 e. The maximum absolute atomic E-state index is 9.26. The van der Waals surface area contributed by atoms with Crippen LogP contribution in [0, 0.1) is 11.8 Å². The molecule has 14 heavy (non-hydrogen) atoms. The first kappa shape index (κ1) is 12.0. The average molecular weight is 199 g/mol. The molecule has 0 heterocycles. The smallest absolute Gasteiger partial charge is 0.0587 e. The van der Waals surface area contributed by atoms with Crippen molar-refractivity contribution in [1.82, 2.24) is 5.32 Å². The van der Waals surface area contributed by atoms with Crippen molar-refractivity contribution in [1.29, 1.82) is 0 Å². The normalized spacial score (nSPS) is 23.1. The van der Waals surface area contributed by atoms with Crippen LogP contribution in [0.3, 0.4) is 0 Å². The third-order valence-electron chi connectivity index (χ3n) is 3.41. The van der Waals surface area contributed by atoms with E-state index in [0.717, 1.165) is 12.3 Å². The zero-order chi connectivity index (χ0) is 10.6. The number of aliphatic hydroxyl groups is 1. The molecule has 1 rings (SSSR count). The van der Waals surface area contributed by atoms with Crippen LogP contribution in [0.1, 0.15) is 46.5 Å². The fraction of sp³-hybridized carbons (Fsp3) is 1.00. The van der Waals surface area contributed by atoms with Gasteiger partial charge in [-0.1, -0.05) is 33.1 Å². The Kier molecular flexibility index (Phi) is 4.90. The minimum atomic E-state index is 0.268. The van der Waals surface area contributed by atoms with E-state index in [1.165, 1.54) is 19.3 Å². The van der Waals surface area contributed by atoms with Crippen LogP contribution >= 0.6 is 0 Å². The lowest BCUT2D eigenvalue weighted by atomic mass is 9.98. The molecule has 2 N–H and O–H groups in total. The van der Waals surface area contributed by atoms with Crippen LogP contribution in [0.2, 0.25) is 0 Å². The van der Waals surface area contributed by atoms with E-state index < -0.39 is 0 Å². The fourth-order valence-electron chi connectivity index (χ4n) is 1.97. The van der Waals surface area contributed by atoms with E-state index in [1.54, 1.807) is 0 Å². The van der Waals surface area contributed by atoms with Crippen LogP contribution in [0.25, 0.3) is 0 Å². The van der Waals surface area contributed by atoms with Crippen LogP contribution in [0.5, 0.6) is 0 Å². The number of rotatable bonds is 7. The lowest BCUT2D eigenvalue weighted by molar-refractivity contribution is 0.189. The Morgan fingerprint density at radius 3 is 2.43 bits per heavy atom. The Balaban J connectivity index is 2.22. The largest absolute Gasteiger partial charge is 0.395 e. The zero-order valence-electron chi connectivity index (χ0n) is 9.79. The van der Waals surface area contributed by atoms with Gasteiger partial charge in [0.15, 0.2) is 0 Å². The first-order valence-electron chi connectivity index (χ1n) is 6.04. The zero-order valence-corrected chi connectivity index (χ0v) is 9.79. The first-order chi connectivity index (χ1) is 6.67. The Hall–Kier alpha value is -0.0800. The molecule has 1 aliphatic carbocycles. The van der Waals surface area contributed by atoms with Gasteiger partial charge in [0.25, 0.3) is 0 Å². The molecule has 0 aromatic carbocycles. The van der Waals surface area contributed by atoms with Crippen molar-refractivity contribution in [2.75, 3.05) is 6.61 Å². The van der Waals surface area contributed by atoms with Gasteiger partial charge in [0.05, 0.1) is 6.61 Å². The summed E-state index contributed by atoms with van der Waals surface area (Å²) < 4.78 is 0. The van der Waals surface area contributed by atoms with E-state index in [1.807, 2.05) is 0 Å². The van der Waals surface area contributed by atoms with Gasteiger partial charge in [0.1, 0.15) is 0 Å². The molecule has 3 atom stereocenters. The SMILES string of the molecule is CCC(C)C(CO)NC(C)CC1CC1. The maximum Gasteiger partial charge on any atom is 0.0587 e. The molecule has 0 radical (unpaired) electrons. The van der Waals surface area contributed by atoms with Crippen LogP contribution in [-0.4, -0.2) is 23.8 Å². The van der Waals surface area contributed by atoms with Gasteiger partial charge in [-0.05, 0) is 25.2 Å². The summed E-state index contributed by atoms with van der Waals surface area (Å²) in [5.74, 6) is 1.54. The summed E-state index contributed by atoms with van der Waals surface area (Å²) in [7, 11) is 0. The van der Waals surface area contributed by atoms with Gasteiger partial charge in [0.2, 0.25) is 0 Å². The van der Waals surface area contributed by atoms with Crippen LogP contribution < -0.4 is 5.32 Å². The fourth-order valence-corrected chi connectivity index (χ4v) is 1.97. The van der Waals surface area contributed by atoms with Crippen molar-refractivity contribution in [3.05, 3.63) is 0 Å². The monoisotopic (exact) mass is 199 g/mol. The van der Waals surface area contributed by atoms with Crippen LogP contribution in [0.15, 0.2) is 0 Å². The lowest BCUT2D eigenvalue weighted by Gasteiger charge is -2.26. The molecule has 84 valence electrons. The van der Waals surface area contributed by atoms with Gasteiger partial charge in [-0.3, -0.25) is 0 Å². The summed E-state index contributed by atoms with van der Waals surface area (Å²) in [6, 6.07) is 0.849. The molecular formula is C12H25NO. The molecule has 0 aliphatic heterocycles. The number of hydrogen-bond acceptors (Lipinski definition) is 2. The summed E-state index contributed by atoms with van der Waals surface area (Å²) in [6.45, 7) is 6.89. The van der Waals surface area contributed by atoms with Gasteiger partial charge >= 0.3 is 0 Å². The molecule has 2 nitrogen and oxygen atoms in total. The Bertz CT molecular complexity index is 156. The molecule has 2 heteroatoms. The molecule has 1 saturated carbocycles. The van der Waals surface area contributed by atoms with Gasteiger partial charge in [-0.15, -0.1) is 0 Å². The first-order valence-corrected chi connectivity index (χ1v) is 6.04. The highest BCUT2D eigenvalue weighted by molar-refractivity contribution is 4.81. The average Bonchev–Trinajstić information content (AvgIpc) is 2.96. The van der Waals surface area contributed by atoms with Crippen molar-refractivity contribution in [2.45, 2.75) is 58.5 Å². The lowest BCUT2D eigenvalue weighted by Crippen LogP contribution is -2.43. The third kappa shape index (κ3) is 3.97. The van der Waals surface area contributed by atoms with E-state index in [4.69, 9.17) is 0 Å². The predicted molar refractivity (Wildman–Crippen MR) is 60.3 cm³/mol. The Morgan fingerprint density at radius 2 is 2.00 bits per heavy atom. The molecule has 0 amide bonds. The van der Waals surface area contributed by atoms with Gasteiger partial charge < -0.3 is 10.4 Å². The van der Waals surface area contributed by atoms with Crippen molar-refractivity contribution < 1.29 is 5.11 Å². The predicted octanol–water partition coefficient (Wildman–Crippen LogP) is 2.17. The van der Waals surface area contributed by atoms with Crippen molar-refractivity contribution in [3.8, 4) is 0 Å². The quantitative estimate of drug-likeness (QED) is 0.658. The van der Waals surface area contributed by atoms with Crippen LogP contribution in [0.4, 0.5) is 0 Å². The molecule has 1 aliphatic rings. The van der Waals surface area contributed by atoms with E-state index in [0.29, 0.717) is 12.0 Å². The molecule has 0 bridgehead atoms. The van der Waals surface area contributed by atoms with E-state index >= 15 is 0 Å². The number of hydrogen-bond donors (Lipinski definition) is 2. The minimum absolute atomic E-state index is 0.268. The molecule has 0 aromatic heterocycles. The maximum atomic E-state index is 9.26. The van der Waals surface area contributed by atoms with Crippen molar-refractivity contribution in [2.24, 2.45) is 11.8 Å². The summed E-state index contributed by atoms with van der Waals surface area (Å²) in [6.07, 6.45) is 5.25. The number of nitrogens with one attached hydrogen (secondary N) is 1. The Morgan fingerprint density at radius 1 is 1.36 bits per heavy atom. The van der Waals surface area contributed by atoms with Crippen LogP contribution in [-0.2, 0) is 0 Å². The molecular weight excluding hydrogens is 174 g/mol. The topological polar surface area (TPSA) is 32.3 Å². The second-order valence-corrected chi connectivity index (χ2v) is 4.92. The summed E-state index contributed by atoms with van der Waals surface area (Å²) in [5, 5.41) is 12.8. The molecule has 0 saturated heterocycles. The highest BCUT2D eigenvalue weighted by atomic mass is 16.3. The molecule has 3 unspecified atom stereocenters. The standard InChI is InChI=1S/C12H25NO/c1-4-9(2)12(8-14)13-10(3)7-11-5-6-11/h9-14H,4-8H2,1-3H3. The third-order valence-corrected chi connectivity index (χ3v) is 3.41. The molecule has 1 fully saturated rings. The molecule has 0 spiro atoms. The van der Waals surface area contributed by atoms with Crippen molar-refractivity contribution >= 4 is 0 Å². The van der Waals surface area contributed by atoms with E-state index in [-0.39, 0.29) is 12.6 Å². The van der Waals surface area contributed by atoms with Gasteiger partial charge in [0, 0.05) is 12.1 Å². The second kappa shape index (κ2) is 5.72. The van der Waals surface area contributed by atoms with E-state index in [9.17, 15) is 5.11 Å². The summed E-state index contributed by atoms with van der Waals surface area (Å²) in [5.41, 5.74) is 0. The number of aliphatic hydroxyl groups excluding tert-OH is 1. The second-order valence-electron chi connectivity index (χ2n) is 4.92. The Labute approximate surface area is 88.1 Å². The summed E-state index contributed by atoms with van der Waals surface area (Å²) >= 11 is 0. The van der Waals surface area contributed by atoms with E-state index in [2.05, 4.69) is 26.1 Å². The summed E-state index contributed by atoms with van der Waals surface area (Å²) in [4.78, 5) is 0. The van der Waals surface area contributed by atoms with Gasteiger partial charge in [-0.25, -0.2) is 0 Å². The van der Waals surface area contributed by atoms with Crippen molar-refractivity contribution in [3.63, 3.8) is 0 Å². The highest BCUT2D eigenvalue weighted by Crippen LogP contribution is 2.33.